The third-order valence-corrected chi connectivity index (χ3v) is 5.43. The van der Waals surface area contributed by atoms with Crippen molar-refractivity contribution in [3.8, 4) is 0 Å². The van der Waals surface area contributed by atoms with Crippen LogP contribution in [-0.2, 0) is 4.79 Å². The number of carboxylic acids is 1. The molecule has 0 spiro atoms. The van der Waals surface area contributed by atoms with Crippen LogP contribution in [0.1, 0.15) is 70.6 Å². The molecule has 0 aliphatic rings. The number of aliphatic hydroxyl groups is 3. The minimum absolute atomic E-state index is 0.0225. The standard InChI is InChI=1S/C23H43NO5/c1-3-5-7-9-13-21(26)19-24(17-18-25,16-12-11-15-23(28)29)20-22(27)14-10-8-6-4-2/h3-4,21-22,25-27H,1-2,5-20H2/p+1. The van der Waals surface area contributed by atoms with E-state index in [4.69, 9.17) is 5.11 Å². The Bertz CT molecular complexity index is 417. The summed E-state index contributed by atoms with van der Waals surface area (Å²) in [6.07, 6.45) is 11.2. The summed E-state index contributed by atoms with van der Waals surface area (Å²) < 4.78 is 0.432. The van der Waals surface area contributed by atoms with Crippen molar-refractivity contribution in [1.29, 1.82) is 0 Å². The van der Waals surface area contributed by atoms with Gasteiger partial charge in [-0.1, -0.05) is 25.0 Å². The summed E-state index contributed by atoms with van der Waals surface area (Å²) in [6.45, 7) is 9.48. The number of aliphatic carboxylic acids is 1. The number of allylic oxidation sites excluding steroid dienone is 2. The van der Waals surface area contributed by atoms with Crippen LogP contribution < -0.4 is 0 Å². The molecule has 0 amide bonds. The van der Waals surface area contributed by atoms with Gasteiger partial charge in [-0.3, -0.25) is 4.79 Å². The molecule has 29 heavy (non-hydrogen) atoms. The second-order valence-electron chi connectivity index (χ2n) is 8.18. The highest BCUT2D eigenvalue weighted by atomic mass is 16.4. The van der Waals surface area contributed by atoms with E-state index in [2.05, 4.69) is 13.2 Å². The minimum Gasteiger partial charge on any atom is -0.481 e. The zero-order valence-electron chi connectivity index (χ0n) is 18.2. The summed E-state index contributed by atoms with van der Waals surface area (Å²) in [4.78, 5) is 10.8. The lowest BCUT2D eigenvalue weighted by molar-refractivity contribution is -0.934. The Labute approximate surface area is 177 Å². The molecule has 6 nitrogen and oxygen atoms in total. The fraction of sp³-hybridized carbons (Fsp3) is 0.783. The summed E-state index contributed by atoms with van der Waals surface area (Å²) >= 11 is 0. The highest BCUT2D eigenvalue weighted by molar-refractivity contribution is 5.66. The van der Waals surface area contributed by atoms with Gasteiger partial charge in [0.25, 0.3) is 0 Å². The second kappa shape index (κ2) is 17.6. The van der Waals surface area contributed by atoms with Gasteiger partial charge in [0.05, 0.1) is 13.2 Å². The van der Waals surface area contributed by atoms with Gasteiger partial charge in [-0.25, -0.2) is 0 Å². The quantitative estimate of drug-likeness (QED) is 0.131. The van der Waals surface area contributed by atoms with Gasteiger partial charge in [0.15, 0.2) is 0 Å². The van der Waals surface area contributed by atoms with E-state index in [1.807, 2.05) is 12.2 Å². The van der Waals surface area contributed by atoms with Gasteiger partial charge in [0.2, 0.25) is 0 Å². The van der Waals surface area contributed by atoms with E-state index in [0.29, 0.717) is 56.3 Å². The van der Waals surface area contributed by atoms with Crippen LogP contribution in [0.4, 0.5) is 0 Å². The van der Waals surface area contributed by atoms with Crippen LogP contribution in [0.25, 0.3) is 0 Å². The van der Waals surface area contributed by atoms with Gasteiger partial charge < -0.3 is 24.9 Å². The van der Waals surface area contributed by atoms with Crippen molar-refractivity contribution in [2.45, 2.75) is 82.8 Å². The van der Waals surface area contributed by atoms with Crippen LogP contribution in [0.3, 0.4) is 0 Å². The predicted octanol–water partition coefficient (Wildman–Crippen LogP) is 3.27. The molecule has 0 aromatic carbocycles. The SMILES string of the molecule is C=CCCCCC(O)C[N+](CCO)(CCCCC(=O)O)CC(O)CCCCC=C. The molecule has 0 fully saturated rings. The molecule has 0 aromatic rings. The van der Waals surface area contributed by atoms with E-state index >= 15 is 0 Å². The Hall–Kier alpha value is -1.21. The van der Waals surface area contributed by atoms with Crippen molar-refractivity contribution >= 4 is 5.97 Å². The fourth-order valence-corrected chi connectivity index (χ4v) is 3.90. The largest absolute Gasteiger partial charge is 0.481 e. The van der Waals surface area contributed by atoms with Crippen LogP contribution in [-0.4, -0.2) is 75.9 Å². The average molecular weight is 415 g/mol. The molecule has 4 N–H and O–H groups in total. The first-order valence-electron chi connectivity index (χ1n) is 11.1. The lowest BCUT2D eigenvalue weighted by Crippen LogP contribution is -2.57. The van der Waals surface area contributed by atoms with E-state index < -0.39 is 18.2 Å². The number of unbranched alkanes of at least 4 members (excludes halogenated alkanes) is 5. The number of hydrogen-bond acceptors (Lipinski definition) is 4. The fourth-order valence-electron chi connectivity index (χ4n) is 3.90. The lowest BCUT2D eigenvalue weighted by atomic mass is 10.0. The summed E-state index contributed by atoms with van der Waals surface area (Å²) in [5, 5.41) is 39.8. The summed E-state index contributed by atoms with van der Waals surface area (Å²) in [5.74, 6) is -0.810. The Morgan fingerprint density at radius 1 is 0.828 bits per heavy atom. The van der Waals surface area contributed by atoms with Crippen LogP contribution in [0.5, 0.6) is 0 Å². The molecule has 0 heterocycles. The highest BCUT2D eigenvalue weighted by Crippen LogP contribution is 2.18. The minimum atomic E-state index is -0.810. The third-order valence-electron chi connectivity index (χ3n) is 5.43. The van der Waals surface area contributed by atoms with E-state index in [-0.39, 0.29) is 13.0 Å². The van der Waals surface area contributed by atoms with Crippen molar-refractivity contribution in [3.63, 3.8) is 0 Å². The molecule has 2 unspecified atom stereocenters. The maximum Gasteiger partial charge on any atom is 0.303 e. The highest BCUT2D eigenvalue weighted by Gasteiger charge is 2.32. The Morgan fingerprint density at radius 2 is 1.34 bits per heavy atom. The molecule has 0 aliphatic heterocycles. The van der Waals surface area contributed by atoms with Gasteiger partial charge in [-0.2, -0.15) is 0 Å². The summed E-state index contributed by atoms with van der Waals surface area (Å²) in [7, 11) is 0. The number of carbonyl (C=O) groups is 1. The number of carboxylic acid groups (broad SMARTS) is 1. The summed E-state index contributed by atoms with van der Waals surface area (Å²) in [6, 6.07) is 0. The first-order chi connectivity index (χ1) is 13.9. The molecule has 170 valence electrons. The molecule has 6 heteroatoms. The topological polar surface area (TPSA) is 98.0 Å². The molecule has 0 rings (SSSR count). The van der Waals surface area contributed by atoms with Gasteiger partial charge >= 0.3 is 5.97 Å². The van der Waals surface area contributed by atoms with E-state index in [9.17, 15) is 20.1 Å². The van der Waals surface area contributed by atoms with E-state index in [1.165, 1.54) is 0 Å². The first kappa shape index (κ1) is 27.8. The zero-order valence-corrected chi connectivity index (χ0v) is 18.2. The maximum atomic E-state index is 10.8. The Balaban J connectivity index is 4.92. The van der Waals surface area contributed by atoms with Crippen molar-refractivity contribution in [2.24, 2.45) is 0 Å². The molecule has 2 atom stereocenters. The monoisotopic (exact) mass is 414 g/mol. The van der Waals surface area contributed by atoms with Crippen molar-refractivity contribution in [1.82, 2.24) is 0 Å². The molecule has 0 saturated carbocycles. The molecule has 0 aromatic heterocycles. The molecule has 0 bridgehead atoms. The van der Waals surface area contributed by atoms with Gasteiger partial charge in [0.1, 0.15) is 31.8 Å². The van der Waals surface area contributed by atoms with Gasteiger partial charge in [-0.15, -0.1) is 13.2 Å². The Kier molecular flexibility index (Phi) is 16.9. The number of hydrogen-bond donors (Lipinski definition) is 4. The molecular weight excluding hydrogens is 370 g/mol. The number of quaternary nitrogens is 1. The summed E-state index contributed by atoms with van der Waals surface area (Å²) in [5.41, 5.74) is 0. The predicted molar refractivity (Wildman–Crippen MR) is 118 cm³/mol. The lowest BCUT2D eigenvalue weighted by Gasteiger charge is -2.41. The molecular formula is C23H44NO5+. The number of aliphatic hydroxyl groups excluding tert-OH is 3. The van der Waals surface area contributed by atoms with Crippen molar-refractivity contribution < 1.29 is 29.7 Å². The third kappa shape index (κ3) is 15.3. The van der Waals surface area contributed by atoms with Gasteiger partial charge in [0, 0.05) is 6.42 Å². The first-order valence-corrected chi connectivity index (χ1v) is 11.1. The zero-order chi connectivity index (χ0) is 22.0. The van der Waals surface area contributed by atoms with Crippen molar-refractivity contribution in [3.05, 3.63) is 25.3 Å². The van der Waals surface area contributed by atoms with Crippen molar-refractivity contribution in [2.75, 3.05) is 32.8 Å². The smallest absolute Gasteiger partial charge is 0.303 e. The number of rotatable bonds is 21. The Morgan fingerprint density at radius 3 is 1.76 bits per heavy atom. The van der Waals surface area contributed by atoms with Crippen LogP contribution in [0, 0.1) is 0 Å². The normalized spacial score (nSPS) is 15.4. The van der Waals surface area contributed by atoms with E-state index in [1.54, 1.807) is 0 Å². The maximum absolute atomic E-state index is 10.8. The van der Waals surface area contributed by atoms with E-state index in [0.717, 1.165) is 38.5 Å². The molecule has 0 saturated heterocycles. The molecule has 0 aliphatic carbocycles. The van der Waals surface area contributed by atoms with Crippen LogP contribution in [0.15, 0.2) is 25.3 Å². The van der Waals surface area contributed by atoms with Crippen LogP contribution >= 0.6 is 0 Å². The molecule has 0 radical (unpaired) electrons. The van der Waals surface area contributed by atoms with Gasteiger partial charge in [-0.05, 0) is 51.4 Å². The number of nitrogens with zero attached hydrogens (tertiary/aromatic N) is 1. The second-order valence-corrected chi connectivity index (χ2v) is 8.18. The average Bonchev–Trinajstić information content (AvgIpc) is 2.66. The van der Waals surface area contributed by atoms with Crippen LogP contribution in [0.2, 0.25) is 0 Å².